The van der Waals surface area contributed by atoms with Gasteiger partial charge in [-0.1, -0.05) is 58.5 Å². The van der Waals surface area contributed by atoms with Crippen molar-refractivity contribution >= 4 is 58.2 Å². The summed E-state index contributed by atoms with van der Waals surface area (Å²) in [6, 6.07) is 6.70. The molecule has 2 N–H and O–H groups in total. The van der Waals surface area contributed by atoms with Crippen LogP contribution in [-0.4, -0.2) is 28.6 Å². The van der Waals surface area contributed by atoms with Crippen molar-refractivity contribution in [1.29, 1.82) is 0 Å². The van der Waals surface area contributed by atoms with Gasteiger partial charge in [0.25, 0.3) is 11.8 Å². The highest BCUT2D eigenvalue weighted by Gasteiger charge is 2.23. The summed E-state index contributed by atoms with van der Waals surface area (Å²) in [5, 5.41) is 4.92. The van der Waals surface area contributed by atoms with Gasteiger partial charge in [-0.25, -0.2) is 0 Å². The number of hydrogen-bond donors (Lipinski definition) is 2. The lowest BCUT2D eigenvalue weighted by molar-refractivity contribution is -0.122. The predicted octanol–water partition coefficient (Wildman–Crippen LogP) is 2.53. The number of carbonyl (C=O) groups excluding carboxylic acids is 2. The third-order valence-electron chi connectivity index (χ3n) is 2.40. The van der Waals surface area contributed by atoms with Crippen molar-refractivity contribution in [1.82, 2.24) is 10.6 Å². The van der Waals surface area contributed by atoms with E-state index in [0.717, 1.165) is 0 Å². The molecule has 0 unspecified atom stereocenters. The van der Waals surface area contributed by atoms with Crippen LogP contribution in [0.3, 0.4) is 0 Å². The van der Waals surface area contributed by atoms with E-state index in [1.54, 1.807) is 24.3 Å². The molecule has 5 nitrogen and oxygen atoms in total. The van der Waals surface area contributed by atoms with Crippen LogP contribution >= 0.6 is 46.4 Å². The average Bonchev–Trinajstić information content (AvgIpc) is 2.46. The van der Waals surface area contributed by atoms with Crippen LogP contribution in [0.15, 0.2) is 24.3 Å². The van der Waals surface area contributed by atoms with Gasteiger partial charge in [0.1, 0.15) is 11.9 Å². The highest BCUT2D eigenvalue weighted by atomic mass is 35.5. The summed E-state index contributed by atoms with van der Waals surface area (Å²) >= 11 is 21.9. The van der Waals surface area contributed by atoms with Crippen molar-refractivity contribution in [2.24, 2.45) is 0 Å². The molecular formula is C12H12Cl4N2O3. The fourth-order valence-corrected chi connectivity index (χ4v) is 1.69. The largest absolute Gasteiger partial charge is 0.497 e. The average molecular weight is 374 g/mol. The summed E-state index contributed by atoms with van der Waals surface area (Å²) < 4.78 is 5.08. The van der Waals surface area contributed by atoms with Gasteiger partial charge >= 0.3 is 0 Å². The molecule has 0 bridgehead atoms. The summed E-state index contributed by atoms with van der Waals surface area (Å²) in [5.74, 6) is -0.804. The molecule has 0 saturated heterocycles. The number of halogens is 4. The topological polar surface area (TPSA) is 67.4 Å². The molecule has 0 aliphatic heterocycles. The number of benzene rings is 1. The van der Waals surface area contributed by atoms with Gasteiger partial charge in [-0.3, -0.25) is 9.59 Å². The lowest BCUT2D eigenvalue weighted by atomic mass is 10.1. The summed E-state index contributed by atoms with van der Waals surface area (Å²) in [4.78, 5) is 20.7. The number of ether oxygens (including phenoxy) is 1. The Morgan fingerprint density at radius 3 is 2.00 bits per heavy atom. The molecule has 0 aliphatic carbocycles. The molecule has 0 saturated carbocycles. The van der Waals surface area contributed by atoms with Crippen LogP contribution in [-0.2, 0) is 9.59 Å². The quantitative estimate of drug-likeness (QED) is 0.594. The van der Waals surface area contributed by atoms with Crippen LogP contribution in [0, 0.1) is 0 Å². The van der Waals surface area contributed by atoms with E-state index in [2.05, 4.69) is 10.6 Å². The summed E-state index contributed by atoms with van der Waals surface area (Å²) in [7, 11) is 1.49. The normalized spacial score (nSPS) is 10.9. The standard InChI is InChI=1S/C12H12Cl4N2O3/c1-21-7-4-2-3-6(5-7)10(17-11(19)8(13)14)18-12(20)9(15)16/h2-5,8-10H,1H3,(H,17,19)(H,18,20). The van der Waals surface area contributed by atoms with Crippen molar-refractivity contribution < 1.29 is 14.3 Å². The number of nitrogens with one attached hydrogen (secondary N) is 2. The Hall–Kier alpha value is -0.880. The Kier molecular flexibility index (Phi) is 7.39. The van der Waals surface area contributed by atoms with E-state index in [-0.39, 0.29) is 0 Å². The number of alkyl halides is 4. The Morgan fingerprint density at radius 2 is 1.57 bits per heavy atom. The van der Waals surface area contributed by atoms with Gasteiger partial charge in [-0.15, -0.1) is 0 Å². The third-order valence-corrected chi connectivity index (χ3v) is 3.19. The molecule has 21 heavy (non-hydrogen) atoms. The first-order valence-electron chi connectivity index (χ1n) is 5.66. The first-order valence-corrected chi connectivity index (χ1v) is 7.40. The molecule has 0 heterocycles. The summed E-state index contributed by atoms with van der Waals surface area (Å²) in [5.41, 5.74) is 0.541. The van der Waals surface area contributed by atoms with Gasteiger partial charge in [-0.05, 0) is 17.7 Å². The molecule has 0 aromatic heterocycles. The van der Waals surface area contributed by atoms with Crippen LogP contribution in [0.5, 0.6) is 5.75 Å². The van der Waals surface area contributed by atoms with Crippen molar-refractivity contribution in [2.75, 3.05) is 7.11 Å². The number of hydrogen-bond acceptors (Lipinski definition) is 3. The molecule has 0 fully saturated rings. The smallest absolute Gasteiger partial charge is 0.255 e. The highest BCUT2D eigenvalue weighted by molar-refractivity contribution is 6.54. The number of methoxy groups -OCH3 is 1. The molecule has 1 aromatic carbocycles. The van der Waals surface area contributed by atoms with Crippen LogP contribution in [0.2, 0.25) is 0 Å². The van der Waals surface area contributed by atoms with E-state index in [9.17, 15) is 9.59 Å². The summed E-state index contributed by atoms with van der Waals surface area (Å²) in [6.07, 6.45) is -0.903. The molecule has 0 radical (unpaired) electrons. The van der Waals surface area contributed by atoms with Gasteiger partial charge in [0.15, 0.2) is 9.67 Å². The molecule has 0 atom stereocenters. The molecular weight excluding hydrogens is 362 g/mol. The Balaban J connectivity index is 2.99. The van der Waals surface area contributed by atoms with Crippen molar-refractivity contribution in [3.05, 3.63) is 29.8 Å². The molecule has 9 heteroatoms. The second kappa shape index (κ2) is 8.54. The molecule has 0 spiro atoms. The van der Waals surface area contributed by atoms with Crippen molar-refractivity contribution in [3.8, 4) is 5.75 Å². The van der Waals surface area contributed by atoms with Crippen LogP contribution < -0.4 is 15.4 Å². The van der Waals surface area contributed by atoms with E-state index in [1.165, 1.54) is 7.11 Å². The van der Waals surface area contributed by atoms with E-state index in [0.29, 0.717) is 11.3 Å². The maximum Gasteiger partial charge on any atom is 0.255 e. The van der Waals surface area contributed by atoms with Crippen LogP contribution in [0.1, 0.15) is 11.7 Å². The lowest BCUT2D eigenvalue weighted by Gasteiger charge is -2.21. The minimum atomic E-state index is -1.28. The van der Waals surface area contributed by atoms with Gasteiger partial charge in [0.2, 0.25) is 0 Å². The van der Waals surface area contributed by atoms with Gasteiger partial charge < -0.3 is 15.4 Å². The van der Waals surface area contributed by atoms with Gasteiger partial charge in [0.05, 0.1) is 7.11 Å². The first-order chi connectivity index (χ1) is 9.85. The Bertz CT molecular complexity index is 489. The maximum absolute atomic E-state index is 11.6. The molecule has 1 aromatic rings. The molecule has 0 aliphatic rings. The van der Waals surface area contributed by atoms with Gasteiger partial charge in [0, 0.05) is 0 Å². The SMILES string of the molecule is COc1cccc(C(NC(=O)C(Cl)Cl)NC(=O)C(Cl)Cl)c1. The lowest BCUT2D eigenvalue weighted by Crippen LogP contribution is -2.44. The van der Waals surface area contributed by atoms with Crippen LogP contribution in [0.4, 0.5) is 0 Å². The van der Waals surface area contributed by atoms with Crippen molar-refractivity contribution in [3.63, 3.8) is 0 Å². The minimum Gasteiger partial charge on any atom is -0.497 e. The minimum absolute atomic E-state index is 0.541. The maximum atomic E-state index is 11.6. The van der Waals surface area contributed by atoms with E-state index in [1.807, 2.05) is 0 Å². The third kappa shape index (κ3) is 5.79. The second-order valence-corrected chi connectivity index (χ2v) is 6.02. The Morgan fingerprint density at radius 1 is 1.05 bits per heavy atom. The number of carbonyl (C=O) groups is 2. The molecule has 2 amide bonds. The van der Waals surface area contributed by atoms with E-state index < -0.39 is 27.7 Å². The highest BCUT2D eigenvalue weighted by Crippen LogP contribution is 2.19. The monoisotopic (exact) mass is 372 g/mol. The predicted molar refractivity (Wildman–Crippen MR) is 83.0 cm³/mol. The van der Waals surface area contributed by atoms with Gasteiger partial charge in [-0.2, -0.15) is 0 Å². The first kappa shape index (κ1) is 18.2. The second-order valence-electron chi connectivity index (χ2n) is 3.83. The van der Waals surface area contributed by atoms with E-state index >= 15 is 0 Å². The molecule has 1 rings (SSSR count). The molecule has 116 valence electrons. The zero-order valence-electron chi connectivity index (χ0n) is 10.8. The van der Waals surface area contributed by atoms with Crippen molar-refractivity contribution in [2.45, 2.75) is 15.8 Å². The zero-order valence-corrected chi connectivity index (χ0v) is 13.8. The van der Waals surface area contributed by atoms with E-state index in [4.69, 9.17) is 51.1 Å². The Labute approximate surface area is 141 Å². The zero-order chi connectivity index (χ0) is 16.0. The fraction of sp³-hybridized carbons (Fsp3) is 0.333. The number of rotatable bonds is 6. The fourth-order valence-electron chi connectivity index (χ4n) is 1.43. The number of amides is 2. The summed E-state index contributed by atoms with van der Waals surface area (Å²) in [6.45, 7) is 0. The van der Waals surface area contributed by atoms with Crippen LogP contribution in [0.25, 0.3) is 0 Å².